The van der Waals surface area contributed by atoms with Gasteiger partial charge in [0, 0.05) is 18.5 Å². The Balaban J connectivity index is 2.67. The van der Waals surface area contributed by atoms with Crippen molar-refractivity contribution in [2.24, 2.45) is 7.05 Å². The minimum atomic E-state index is -0.481. The molecule has 0 bridgehead atoms. The van der Waals surface area contributed by atoms with Crippen LogP contribution in [0.25, 0.3) is 10.9 Å². The van der Waals surface area contributed by atoms with Crippen LogP contribution in [0, 0.1) is 10.1 Å². The highest BCUT2D eigenvalue weighted by atomic mass is 16.6. The summed E-state index contributed by atoms with van der Waals surface area (Å²) in [4.78, 5) is 22.2. The number of hydrogen-bond donors (Lipinski definition) is 0. The van der Waals surface area contributed by atoms with Crippen LogP contribution in [-0.2, 0) is 11.8 Å². The fourth-order valence-electron chi connectivity index (χ4n) is 1.94. The molecule has 0 N–H and O–H groups in total. The summed E-state index contributed by atoms with van der Waals surface area (Å²) < 4.78 is 6.40. The summed E-state index contributed by atoms with van der Waals surface area (Å²) in [7, 11) is 1.61. The number of hydrogen-bond acceptors (Lipinski definition) is 4. The van der Waals surface area contributed by atoms with Gasteiger partial charge in [0.25, 0.3) is 5.69 Å². The van der Waals surface area contributed by atoms with Crippen molar-refractivity contribution in [3.8, 4) is 0 Å². The molecule has 0 saturated carbocycles. The lowest BCUT2D eigenvalue weighted by Crippen LogP contribution is -2.09. The van der Waals surface area contributed by atoms with Crippen LogP contribution >= 0.6 is 0 Å². The van der Waals surface area contributed by atoms with E-state index in [9.17, 15) is 14.9 Å². The molecule has 6 heteroatoms. The molecule has 0 aliphatic rings. The van der Waals surface area contributed by atoms with Gasteiger partial charge in [0.1, 0.15) is 11.2 Å². The van der Waals surface area contributed by atoms with Crippen LogP contribution in [0.5, 0.6) is 0 Å². The molecular formula is C12H12N2O4. The fourth-order valence-corrected chi connectivity index (χ4v) is 1.94. The molecule has 94 valence electrons. The second kappa shape index (κ2) is 4.48. The Hall–Kier alpha value is -2.37. The van der Waals surface area contributed by atoms with Crippen LogP contribution in [0.1, 0.15) is 17.4 Å². The van der Waals surface area contributed by atoms with E-state index in [0.717, 1.165) is 0 Å². The number of carbonyl (C=O) groups excluding carboxylic acids is 1. The topological polar surface area (TPSA) is 74.4 Å². The quantitative estimate of drug-likeness (QED) is 0.474. The number of nitro groups is 1. The highest BCUT2D eigenvalue weighted by Gasteiger charge is 2.20. The Morgan fingerprint density at radius 3 is 2.83 bits per heavy atom. The zero-order chi connectivity index (χ0) is 13.3. The van der Waals surface area contributed by atoms with E-state index in [4.69, 9.17) is 4.74 Å². The van der Waals surface area contributed by atoms with Crippen molar-refractivity contribution in [2.75, 3.05) is 6.61 Å². The number of ether oxygens (including phenoxy) is 1. The Morgan fingerprint density at radius 2 is 2.22 bits per heavy atom. The summed E-state index contributed by atoms with van der Waals surface area (Å²) in [5.41, 5.74) is 0.706. The number of para-hydroxylation sites is 1. The molecule has 2 aromatic rings. The Kier molecular flexibility index (Phi) is 3.01. The highest BCUT2D eigenvalue weighted by molar-refractivity contribution is 5.98. The number of fused-ring (bicyclic) bond motifs is 1. The molecule has 0 amide bonds. The molecule has 1 heterocycles. The number of benzene rings is 1. The van der Waals surface area contributed by atoms with E-state index in [1.807, 2.05) is 0 Å². The van der Waals surface area contributed by atoms with Crippen LogP contribution in [0.15, 0.2) is 24.3 Å². The number of nitrogens with zero attached hydrogens (tertiary/aromatic N) is 2. The van der Waals surface area contributed by atoms with Gasteiger partial charge in [-0.1, -0.05) is 12.1 Å². The number of nitro benzene ring substituents is 1. The predicted molar refractivity (Wildman–Crippen MR) is 65.5 cm³/mol. The molecule has 0 radical (unpaired) electrons. The van der Waals surface area contributed by atoms with Gasteiger partial charge in [-0.15, -0.1) is 0 Å². The number of rotatable bonds is 3. The first-order chi connectivity index (χ1) is 8.56. The predicted octanol–water partition coefficient (Wildman–Crippen LogP) is 2.26. The summed E-state index contributed by atoms with van der Waals surface area (Å²) >= 11 is 0. The average molecular weight is 248 g/mol. The SMILES string of the molecule is CCOC(=O)c1cc2cccc([N+](=O)[O-])c2n1C. The number of carbonyl (C=O) groups is 1. The number of non-ortho nitro benzene ring substituents is 1. The molecule has 0 atom stereocenters. The monoisotopic (exact) mass is 248 g/mol. The van der Waals surface area contributed by atoms with E-state index in [1.165, 1.54) is 10.6 Å². The number of esters is 1. The fraction of sp³-hybridized carbons (Fsp3) is 0.250. The van der Waals surface area contributed by atoms with Gasteiger partial charge in [-0.25, -0.2) is 4.79 Å². The van der Waals surface area contributed by atoms with Crippen molar-refractivity contribution in [1.29, 1.82) is 0 Å². The lowest BCUT2D eigenvalue weighted by molar-refractivity contribution is -0.383. The summed E-state index contributed by atoms with van der Waals surface area (Å²) in [6.45, 7) is 1.98. The van der Waals surface area contributed by atoms with Crippen molar-refractivity contribution in [2.45, 2.75) is 6.92 Å². The molecule has 18 heavy (non-hydrogen) atoms. The third kappa shape index (κ3) is 1.81. The third-order valence-corrected chi connectivity index (χ3v) is 2.72. The van der Waals surface area contributed by atoms with Gasteiger partial charge in [-0.05, 0) is 13.0 Å². The Bertz CT molecular complexity index is 630. The highest BCUT2D eigenvalue weighted by Crippen LogP contribution is 2.28. The molecule has 0 aliphatic carbocycles. The molecule has 2 rings (SSSR count). The molecule has 0 fully saturated rings. The van der Waals surface area contributed by atoms with Gasteiger partial charge >= 0.3 is 5.97 Å². The molecule has 0 unspecified atom stereocenters. The minimum Gasteiger partial charge on any atom is -0.461 e. The normalized spacial score (nSPS) is 10.6. The first-order valence-electron chi connectivity index (χ1n) is 5.46. The zero-order valence-electron chi connectivity index (χ0n) is 10.0. The summed E-state index contributed by atoms with van der Waals surface area (Å²) in [5, 5.41) is 11.6. The number of aromatic nitrogens is 1. The molecule has 0 spiro atoms. The summed E-state index contributed by atoms with van der Waals surface area (Å²) in [6.07, 6.45) is 0. The lowest BCUT2D eigenvalue weighted by atomic mass is 10.2. The van der Waals surface area contributed by atoms with Crippen LogP contribution in [-0.4, -0.2) is 22.1 Å². The Morgan fingerprint density at radius 1 is 1.50 bits per heavy atom. The van der Waals surface area contributed by atoms with Gasteiger partial charge in [0.05, 0.1) is 11.5 Å². The smallest absolute Gasteiger partial charge is 0.354 e. The maximum absolute atomic E-state index is 11.7. The summed E-state index contributed by atoms with van der Waals surface area (Å²) in [6, 6.07) is 6.33. The molecule has 0 aliphatic heterocycles. The van der Waals surface area contributed by atoms with E-state index in [1.54, 1.807) is 32.2 Å². The van der Waals surface area contributed by atoms with E-state index in [2.05, 4.69) is 0 Å². The molecule has 1 aromatic heterocycles. The second-order valence-electron chi connectivity index (χ2n) is 3.78. The molecule has 1 aromatic carbocycles. The van der Waals surface area contributed by atoms with E-state index < -0.39 is 10.9 Å². The van der Waals surface area contributed by atoms with Crippen molar-refractivity contribution in [3.05, 3.63) is 40.1 Å². The van der Waals surface area contributed by atoms with Crippen molar-refractivity contribution in [3.63, 3.8) is 0 Å². The second-order valence-corrected chi connectivity index (χ2v) is 3.78. The van der Waals surface area contributed by atoms with Crippen molar-refractivity contribution < 1.29 is 14.5 Å². The number of aryl methyl sites for hydroxylation is 1. The molecule has 6 nitrogen and oxygen atoms in total. The van der Waals surface area contributed by atoms with Gasteiger partial charge in [-0.2, -0.15) is 0 Å². The third-order valence-electron chi connectivity index (χ3n) is 2.72. The molecule has 0 saturated heterocycles. The standard InChI is InChI=1S/C12H12N2O4/c1-3-18-12(15)10-7-8-5-4-6-9(14(16)17)11(8)13(10)2/h4-7H,3H2,1-2H3. The summed E-state index contributed by atoms with van der Waals surface area (Å²) in [5.74, 6) is -0.481. The van der Waals surface area contributed by atoms with E-state index in [-0.39, 0.29) is 12.3 Å². The first kappa shape index (κ1) is 12.1. The first-order valence-corrected chi connectivity index (χ1v) is 5.46. The van der Waals surface area contributed by atoms with Gasteiger partial charge in [-0.3, -0.25) is 10.1 Å². The van der Waals surface area contributed by atoms with Crippen LogP contribution in [0.4, 0.5) is 5.69 Å². The largest absolute Gasteiger partial charge is 0.461 e. The molecular weight excluding hydrogens is 236 g/mol. The van der Waals surface area contributed by atoms with Gasteiger partial charge in [0.15, 0.2) is 0 Å². The minimum absolute atomic E-state index is 0.0226. The maximum atomic E-state index is 11.7. The van der Waals surface area contributed by atoms with Crippen LogP contribution in [0.2, 0.25) is 0 Å². The van der Waals surface area contributed by atoms with Crippen LogP contribution in [0.3, 0.4) is 0 Å². The van der Waals surface area contributed by atoms with E-state index >= 15 is 0 Å². The van der Waals surface area contributed by atoms with Gasteiger partial charge in [0.2, 0.25) is 0 Å². The Labute approximate surface area is 103 Å². The average Bonchev–Trinajstić information content (AvgIpc) is 2.67. The zero-order valence-corrected chi connectivity index (χ0v) is 10.0. The lowest BCUT2D eigenvalue weighted by Gasteiger charge is -2.03. The van der Waals surface area contributed by atoms with Crippen molar-refractivity contribution >= 4 is 22.6 Å². The van der Waals surface area contributed by atoms with Crippen molar-refractivity contribution in [1.82, 2.24) is 4.57 Å². The van der Waals surface area contributed by atoms with Gasteiger partial charge < -0.3 is 9.30 Å². The maximum Gasteiger partial charge on any atom is 0.354 e. The van der Waals surface area contributed by atoms with E-state index in [0.29, 0.717) is 16.6 Å². The van der Waals surface area contributed by atoms with Crippen LogP contribution < -0.4 is 0 Å².